The molecule has 1 heterocycles. The van der Waals surface area contributed by atoms with Gasteiger partial charge < -0.3 is 10.1 Å². The number of thiazole rings is 1. The lowest BCUT2D eigenvalue weighted by molar-refractivity contribution is 0.102. The third-order valence-electron chi connectivity index (χ3n) is 3.54. The number of hydrogen-bond donors (Lipinski definition) is 1. The molecule has 1 aromatic heterocycles. The monoisotopic (exact) mass is 338 g/mol. The number of amides is 1. The number of benzene rings is 2. The van der Waals surface area contributed by atoms with E-state index in [2.05, 4.69) is 10.3 Å². The smallest absolute Gasteiger partial charge is 0.255 e. The van der Waals surface area contributed by atoms with Crippen molar-refractivity contribution in [3.8, 4) is 5.75 Å². The molecule has 1 N–H and O–H groups in total. The summed E-state index contributed by atoms with van der Waals surface area (Å²) in [5.74, 6) is 0.498. The second kappa shape index (κ2) is 7.27. The van der Waals surface area contributed by atoms with Crippen LogP contribution in [0.3, 0.4) is 0 Å². The molecule has 4 nitrogen and oxygen atoms in total. The van der Waals surface area contributed by atoms with Gasteiger partial charge in [-0.05, 0) is 43.7 Å². The van der Waals surface area contributed by atoms with Gasteiger partial charge in [0.15, 0.2) is 0 Å². The summed E-state index contributed by atoms with van der Waals surface area (Å²) in [6, 6.07) is 14.9. The van der Waals surface area contributed by atoms with Crippen LogP contribution in [0, 0.1) is 13.8 Å². The van der Waals surface area contributed by atoms with E-state index in [1.54, 1.807) is 23.5 Å². The molecule has 5 heteroatoms. The normalized spacial score (nSPS) is 10.4. The average Bonchev–Trinajstić information content (AvgIpc) is 3.01. The molecule has 0 spiro atoms. The number of hydrogen-bond acceptors (Lipinski definition) is 4. The highest BCUT2D eigenvalue weighted by atomic mass is 32.1. The van der Waals surface area contributed by atoms with Crippen LogP contribution >= 0.6 is 11.3 Å². The molecule has 0 aliphatic carbocycles. The Hall–Kier alpha value is -2.66. The minimum Gasteiger partial charge on any atom is -0.487 e. The maximum atomic E-state index is 12.4. The van der Waals surface area contributed by atoms with E-state index in [0.29, 0.717) is 17.9 Å². The Morgan fingerprint density at radius 3 is 2.75 bits per heavy atom. The molecule has 3 rings (SSSR count). The minimum atomic E-state index is -0.153. The number of nitrogens with zero attached hydrogens (tertiary/aromatic N) is 1. The third kappa shape index (κ3) is 4.00. The van der Waals surface area contributed by atoms with Gasteiger partial charge in [0.25, 0.3) is 5.91 Å². The van der Waals surface area contributed by atoms with Crippen molar-refractivity contribution >= 4 is 22.9 Å². The van der Waals surface area contributed by atoms with Crippen LogP contribution in [-0.2, 0) is 6.61 Å². The van der Waals surface area contributed by atoms with Crippen LogP contribution in [0.1, 0.15) is 26.6 Å². The summed E-state index contributed by atoms with van der Waals surface area (Å²) in [6.07, 6.45) is 0. The van der Waals surface area contributed by atoms with Gasteiger partial charge in [0, 0.05) is 16.6 Å². The van der Waals surface area contributed by atoms with Crippen molar-refractivity contribution in [2.24, 2.45) is 0 Å². The van der Waals surface area contributed by atoms with E-state index in [-0.39, 0.29) is 5.91 Å². The Morgan fingerprint density at radius 1 is 1.17 bits per heavy atom. The van der Waals surface area contributed by atoms with E-state index >= 15 is 0 Å². The largest absolute Gasteiger partial charge is 0.487 e. The van der Waals surface area contributed by atoms with E-state index in [4.69, 9.17) is 4.74 Å². The fourth-order valence-electron chi connectivity index (χ4n) is 2.27. The summed E-state index contributed by atoms with van der Waals surface area (Å²) in [7, 11) is 0. The highest BCUT2D eigenvalue weighted by Crippen LogP contribution is 2.19. The van der Waals surface area contributed by atoms with Crippen molar-refractivity contribution in [1.29, 1.82) is 0 Å². The minimum absolute atomic E-state index is 0.153. The van der Waals surface area contributed by atoms with Crippen LogP contribution in [0.25, 0.3) is 0 Å². The van der Waals surface area contributed by atoms with Crippen molar-refractivity contribution in [3.63, 3.8) is 0 Å². The Morgan fingerprint density at radius 2 is 2.00 bits per heavy atom. The molecule has 3 aromatic rings. The standard InChI is InChI=1S/C19H18N2O2S/c1-13-6-3-4-9-18(13)21-19(22)15-7-5-8-17(10-15)23-11-16-12-24-14(2)20-16/h3-10,12H,11H2,1-2H3,(H,21,22). The predicted molar refractivity (Wildman–Crippen MR) is 96.8 cm³/mol. The van der Waals surface area contributed by atoms with E-state index < -0.39 is 0 Å². The van der Waals surface area contributed by atoms with Crippen molar-refractivity contribution in [1.82, 2.24) is 4.98 Å². The van der Waals surface area contributed by atoms with E-state index in [0.717, 1.165) is 22.0 Å². The van der Waals surface area contributed by atoms with Crippen LogP contribution in [0.15, 0.2) is 53.9 Å². The zero-order valence-corrected chi connectivity index (χ0v) is 14.4. The number of carbonyl (C=O) groups is 1. The quantitative estimate of drug-likeness (QED) is 0.740. The number of anilines is 1. The van der Waals surface area contributed by atoms with Gasteiger partial charge in [-0.3, -0.25) is 4.79 Å². The topological polar surface area (TPSA) is 51.2 Å². The van der Waals surface area contributed by atoms with Gasteiger partial charge in [0.05, 0.1) is 10.7 Å². The van der Waals surface area contributed by atoms with Crippen molar-refractivity contribution in [2.45, 2.75) is 20.5 Å². The zero-order valence-electron chi connectivity index (χ0n) is 13.6. The number of nitrogens with one attached hydrogen (secondary N) is 1. The number of rotatable bonds is 5. The Kier molecular flexibility index (Phi) is 4.91. The number of aryl methyl sites for hydroxylation is 2. The molecule has 0 bridgehead atoms. The van der Waals surface area contributed by atoms with Crippen molar-refractivity contribution in [3.05, 3.63) is 75.7 Å². The van der Waals surface area contributed by atoms with Gasteiger partial charge in [-0.15, -0.1) is 11.3 Å². The molecule has 2 aromatic carbocycles. The summed E-state index contributed by atoms with van der Waals surface area (Å²) in [5.41, 5.74) is 3.29. The molecule has 1 amide bonds. The Balaban J connectivity index is 1.68. The first-order valence-corrected chi connectivity index (χ1v) is 8.50. The summed E-state index contributed by atoms with van der Waals surface area (Å²) in [6.45, 7) is 4.32. The van der Waals surface area contributed by atoms with Crippen molar-refractivity contribution < 1.29 is 9.53 Å². The third-order valence-corrected chi connectivity index (χ3v) is 4.37. The highest BCUT2D eigenvalue weighted by molar-refractivity contribution is 7.09. The molecule has 0 radical (unpaired) electrons. The molecule has 0 unspecified atom stereocenters. The molecular formula is C19H18N2O2S. The lowest BCUT2D eigenvalue weighted by atomic mass is 10.1. The van der Waals surface area contributed by atoms with Gasteiger partial charge in [-0.25, -0.2) is 4.98 Å². The maximum Gasteiger partial charge on any atom is 0.255 e. The molecule has 0 aliphatic heterocycles. The van der Waals surface area contributed by atoms with Gasteiger partial charge >= 0.3 is 0 Å². The van der Waals surface area contributed by atoms with Crippen LogP contribution in [0.4, 0.5) is 5.69 Å². The number of aromatic nitrogens is 1. The first-order valence-electron chi connectivity index (χ1n) is 7.62. The SMILES string of the molecule is Cc1nc(COc2cccc(C(=O)Nc3ccccc3C)c2)cs1. The number of ether oxygens (including phenoxy) is 1. The van der Waals surface area contributed by atoms with Crippen LogP contribution in [0.5, 0.6) is 5.75 Å². The fraction of sp³-hybridized carbons (Fsp3) is 0.158. The summed E-state index contributed by atoms with van der Waals surface area (Å²) < 4.78 is 5.73. The lowest BCUT2D eigenvalue weighted by Gasteiger charge is -2.09. The van der Waals surface area contributed by atoms with Crippen LogP contribution in [0.2, 0.25) is 0 Å². The predicted octanol–water partition coefficient (Wildman–Crippen LogP) is 4.59. The van der Waals surface area contributed by atoms with Gasteiger partial charge in [0.1, 0.15) is 12.4 Å². The number of para-hydroxylation sites is 1. The van der Waals surface area contributed by atoms with Crippen LogP contribution < -0.4 is 10.1 Å². The molecule has 0 aliphatic rings. The second-order valence-corrected chi connectivity index (χ2v) is 6.51. The van der Waals surface area contributed by atoms with E-state index in [1.807, 2.05) is 55.6 Å². The first kappa shape index (κ1) is 16.2. The molecule has 24 heavy (non-hydrogen) atoms. The van der Waals surface area contributed by atoms with Gasteiger partial charge in [-0.2, -0.15) is 0 Å². The average molecular weight is 338 g/mol. The second-order valence-electron chi connectivity index (χ2n) is 5.44. The summed E-state index contributed by atoms with van der Waals surface area (Å²) >= 11 is 1.59. The van der Waals surface area contributed by atoms with Gasteiger partial charge in [0.2, 0.25) is 0 Å². The molecular weight excluding hydrogens is 320 g/mol. The van der Waals surface area contributed by atoms with E-state index in [1.165, 1.54) is 0 Å². The zero-order chi connectivity index (χ0) is 16.9. The Bertz CT molecular complexity index is 858. The van der Waals surface area contributed by atoms with Crippen LogP contribution in [-0.4, -0.2) is 10.9 Å². The number of carbonyl (C=O) groups excluding carboxylic acids is 1. The molecule has 0 fully saturated rings. The summed E-state index contributed by atoms with van der Waals surface area (Å²) in [5, 5.41) is 5.92. The Labute approximate surface area is 145 Å². The molecule has 0 saturated carbocycles. The molecule has 122 valence electrons. The van der Waals surface area contributed by atoms with E-state index in [9.17, 15) is 4.79 Å². The lowest BCUT2D eigenvalue weighted by Crippen LogP contribution is -2.12. The first-order chi connectivity index (χ1) is 11.6. The summed E-state index contributed by atoms with van der Waals surface area (Å²) in [4.78, 5) is 16.8. The van der Waals surface area contributed by atoms with Crippen molar-refractivity contribution in [2.75, 3.05) is 5.32 Å². The van der Waals surface area contributed by atoms with Gasteiger partial charge in [-0.1, -0.05) is 24.3 Å². The molecule has 0 atom stereocenters. The fourth-order valence-corrected chi connectivity index (χ4v) is 2.86. The highest BCUT2D eigenvalue weighted by Gasteiger charge is 2.09. The maximum absolute atomic E-state index is 12.4. The molecule has 0 saturated heterocycles.